The van der Waals surface area contributed by atoms with E-state index in [4.69, 9.17) is 0 Å². The van der Waals surface area contributed by atoms with E-state index in [0.29, 0.717) is 46.6 Å². The van der Waals surface area contributed by atoms with E-state index < -0.39 is 27.5 Å². The molecule has 1 aliphatic rings. The van der Waals surface area contributed by atoms with Crippen molar-refractivity contribution in [3.8, 4) is 0 Å². The molecule has 0 saturated carbocycles. The zero-order chi connectivity index (χ0) is 23.8. The van der Waals surface area contributed by atoms with Gasteiger partial charge in [-0.15, -0.1) is 11.8 Å². The van der Waals surface area contributed by atoms with Crippen LogP contribution in [-0.4, -0.2) is 42.5 Å². The third-order valence-corrected chi connectivity index (χ3v) is 8.94. The second-order valence-electron chi connectivity index (χ2n) is 7.67. The largest absolute Gasteiger partial charge is 0.345 e. The van der Waals surface area contributed by atoms with Gasteiger partial charge in [0.25, 0.3) is 5.91 Å². The van der Waals surface area contributed by atoms with E-state index in [1.165, 1.54) is 40.3 Å². The lowest BCUT2D eigenvalue weighted by Gasteiger charge is -2.26. The van der Waals surface area contributed by atoms with Crippen LogP contribution in [0, 0.1) is 5.82 Å². The third kappa shape index (κ3) is 4.42. The van der Waals surface area contributed by atoms with Gasteiger partial charge in [0.2, 0.25) is 15.6 Å². The fourth-order valence-electron chi connectivity index (χ4n) is 4.07. The molecule has 0 unspecified atom stereocenters. The van der Waals surface area contributed by atoms with Crippen LogP contribution in [0.2, 0.25) is 0 Å². The number of aromatic nitrogens is 1. The fraction of sp³-hybridized carbons (Fsp3) is 0.304. The highest BCUT2D eigenvalue weighted by atomic mass is 32.2. The zero-order valence-corrected chi connectivity index (χ0v) is 19.9. The van der Waals surface area contributed by atoms with Gasteiger partial charge < -0.3 is 10.3 Å². The van der Waals surface area contributed by atoms with E-state index in [-0.39, 0.29) is 16.3 Å². The number of nitrogens with zero attached hydrogens (tertiary/aromatic N) is 1. The maximum Gasteiger partial charge on any atom is 0.252 e. The number of benzene rings is 2. The number of hydrogen-bond donors (Lipinski definition) is 2. The van der Waals surface area contributed by atoms with Crippen LogP contribution in [0.15, 0.2) is 57.1 Å². The Morgan fingerprint density at radius 3 is 2.70 bits per heavy atom. The van der Waals surface area contributed by atoms with Crippen LogP contribution in [0.4, 0.5) is 4.39 Å². The fourth-order valence-corrected chi connectivity index (χ4v) is 6.69. The summed E-state index contributed by atoms with van der Waals surface area (Å²) in [5.74, 6) is -0.207. The molecule has 1 aliphatic heterocycles. The molecule has 1 amide bonds. The van der Waals surface area contributed by atoms with Crippen LogP contribution >= 0.6 is 11.8 Å². The molecular weight excluding hydrogens is 465 g/mol. The first-order valence-electron chi connectivity index (χ1n) is 10.7. The molecule has 3 aromatic rings. The Bertz CT molecular complexity index is 1380. The van der Waals surface area contributed by atoms with Crippen molar-refractivity contribution in [1.29, 1.82) is 0 Å². The van der Waals surface area contributed by atoms with Crippen LogP contribution in [0.25, 0.3) is 10.9 Å². The van der Waals surface area contributed by atoms with Crippen molar-refractivity contribution in [1.82, 2.24) is 14.6 Å². The Hall–Kier alpha value is -2.69. The molecule has 0 bridgehead atoms. The molecule has 2 N–H and O–H groups in total. The molecule has 1 atom stereocenters. The molecule has 0 spiro atoms. The Labute approximate surface area is 195 Å². The number of halogens is 1. The molecule has 33 heavy (non-hydrogen) atoms. The molecular formula is C23H24FN3O4S2. The van der Waals surface area contributed by atoms with Gasteiger partial charge >= 0.3 is 0 Å². The summed E-state index contributed by atoms with van der Waals surface area (Å²) in [5.41, 5.74) is 0.648. The first-order chi connectivity index (χ1) is 15.8. The summed E-state index contributed by atoms with van der Waals surface area (Å²) in [6.45, 7) is 4.13. The topological polar surface area (TPSA) is 99.3 Å². The molecule has 174 valence electrons. The van der Waals surface area contributed by atoms with Crippen molar-refractivity contribution >= 4 is 38.6 Å². The molecule has 2 aromatic carbocycles. The van der Waals surface area contributed by atoms with E-state index >= 15 is 0 Å². The number of carbonyl (C=O) groups is 1. The molecule has 0 saturated heterocycles. The summed E-state index contributed by atoms with van der Waals surface area (Å²) in [4.78, 5) is 28.7. The molecule has 10 heteroatoms. The van der Waals surface area contributed by atoms with E-state index in [9.17, 15) is 22.4 Å². The van der Waals surface area contributed by atoms with Gasteiger partial charge in [0.1, 0.15) is 5.82 Å². The average Bonchev–Trinajstić information content (AvgIpc) is 2.79. The van der Waals surface area contributed by atoms with E-state index in [1.807, 2.05) is 0 Å². The Balaban J connectivity index is 1.76. The van der Waals surface area contributed by atoms with Gasteiger partial charge in [-0.05, 0) is 36.2 Å². The molecule has 2 heterocycles. The van der Waals surface area contributed by atoms with Crippen LogP contribution in [0.1, 0.15) is 42.2 Å². The average molecular weight is 490 g/mol. The van der Waals surface area contributed by atoms with Gasteiger partial charge in [0.15, 0.2) is 0 Å². The lowest BCUT2D eigenvalue weighted by atomic mass is 10.0. The minimum atomic E-state index is -3.75. The number of sulfonamides is 1. The molecule has 0 radical (unpaired) electrons. The molecule has 0 fully saturated rings. The number of amides is 1. The smallest absolute Gasteiger partial charge is 0.252 e. The second kappa shape index (κ2) is 9.28. The summed E-state index contributed by atoms with van der Waals surface area (Å²) < 4.78 is 41.5. The Kier molecular flexibility index (Phi) is 6.60. The third-order valence-electron chi connectivity index (χ3n) is 5.73. The number of H-pyrrole nitrogens is 1. The highest BCUT2D eigenvalue weighted by Gasteiger charge is 2.27. The maximum absolute atomic E-state index is 14.2. The Morgan fingerprint density at radius 1 is 1.21 bits per heavy atom. The number of rotatable bonds is 6. The van der Waals surface area contributed by atoms with E-state index in [0.717, 1.165) is 6.07 Å². The van der Waals surface area contributed by atoms with Gasteiger partial charge in [-0.25, -0.2) is 12.8 Å². The van der Waals surface area contributed by atoms with Gasteiger partial charge in [0.05, 0.1) is 16.5 Å². The normalized spacial score (nSPS) is 16.1. The molecule has 7 nitrogen and oxygen atoms in total. The summed E-state index contributed by atoms with van der Waals surface area (Å²) in [5, 5.41) is 3.23. The van der Waals surface area contributed by atoms with Crippen LogP contribution < -0.4 is 10.9 Å². The first kappa shape index (κ1) is 23.5. The van der Waals surface area contributed by atoms with Crippen LogP contribution in [0.3, 0.4) is 0 Å². The summed E-state index contributed by atoms with van der Waals surface area (Å²) >= 11 is 1.41. The highest BCUT2D eigenvalue weighted by Crippen LogP contribution is 2.38. The maximum atomic E-state index is 14.2. The number of hydrogen-bond acceptors (Lipinski definition) is 5. The summed E-state index contributed by atoms with van der Waals surface area (Å²) in [6.07, 6.45) is 0.607. The lowest BCUT2D eigenvalue weighted by molar-refractivity contribution is 0.0936. The molecule has 4 rings (SSSR count). The summed E-state index contributed by atoms with van der Waals surface area (Å²) in [6, 6.07) is 9.84. The lowest BCUT2D eigenvalue weighted by Crippen LogP contribution is -2.32. The number of nitrogens with one attached hydrogen (secondary N) is 2. The molecule has 0 aliphatic carbocycles. The molecule has 1 aromatic heterocycles. The highest BCUT2D eigenvalue weighted by molar-refractivity contribution is 7.99. The van der Waals surface area contributed by atoms with Gasteiger partial charge in [-0.3, -0.25) is 9.59 Å². The second-order valence-corrected chi connectivity index (χ2v) is 10.7. The summed E-state index contributed by atoms with van der Waals surface area (Å²) in [7, 11) is -3.75. The first-order valence-corrected chi connectivity index (χ1v) is 13.1. The number of fused-ring (bicyclic) bond motifs is 2. The number of thioether (sulfide) groups is 1. The monoisotopic (exact) mass is 489 g/mol. The minimum Gasteiger partial charge on any atom is -0.345 e. The number of carbonyl (C=O) groups excluding carboxylic acids is 1. The standard InChI is InChI=1S/C23H24FN3O4S2/c1-3-27(4-2)33(30,31)14-8-9-19-16(12-14)17(13-21(28)25-19)23(29)26-20-10-11-32-22-15(20)6-5-7-18(22)24/h5-9,12-13,20H,3-4,10-11H2,1-2H3,(H,25,28)(H,26,29)/t20-/m0/s1. The van der Waals surface area contributed by atoms with Crippen LogP contribution in [-0.2, 0) is 10.0 Å². The SMILES string of the molecule is CCN(CC)S(=O)(=O)c1ccc2[nH]c(=O)cc(C(=O)N[C@H]3CCSc4c(F)cccc43)c2c1. The predicted molar refractivity (Wildman–Crippen MR) is 127 cm³/mol. The van der Waals surface area contributed by atoms with Crippen molar-refractivity contribution in [2.45, 2.75) is 36.1 Å². The zero-order valence-electron chi connectivity index (χ0n) is 18.2. The van der Waals surface area contributed by atoms with Gasteiger partial charge in [-0.2, -0.15) is 4.31 Å². The predicted octanol–water partition coefficient (Wildman–Crippen LogP) is 3.66. The van der Waals surface area contributed by atoms with Crippen molar-refractivity contribution < 1.29 is 17.6 Å². The van der Waals surface area contributed by atoms with Gasteiger partial charge in [0, 0.05) is 40.7 Å². The van der Waals surface area contributed by atoms with E-state index in [1.54, 1.807) is 26.0 Å². The quantitative estimate of drug-likeness (QED) is 0.551. The number of pyridine rings is 1. The van der Waals surface area contributed by atoms with Crippen molar-refractivity contribution in [3.63, 3.8) is 0 Å². The van der Waals surface area contributed by atoms with Crippen molar-refractivity contribution in [2.24, 2.45) is 0 Å². The van der Waals surface area contributed by atoms with E-state index in [2.05, 4.69) is 10.3 Å². The minimum absolute atomic E-state index is 0.0429. The Morgan fingerprint density at radius 2 is 1.97 bits per heavy atom. The van der Waals surface area contributed by atoms with Crippen molar-refractivity contribution in [2.75, 3.05) is 18.8 Å². The number of aromatic amines is 1. The van der Waals surface area contributed by atoms with Crippen molar-refractivity contribution in [3.05, 3.63) is 69.8 Å². The van der Waals surface area contributed by atoms with Crippen LogP contribution in [0.5, 0.6) is 0 Å². The van der Waals surface area contributed by atoms with Gasteiger partial charge in [-0.1, -0.05) is 26.0 Å².